The summed E-state index contributed by atoms with van der Waals surface area (Å²) in [6.07, 6.45) is 4.39. The number of carbonyl (C=O) groups is 2. The normalized spacial score (nSPS) is 17.6. The Morgan fingerprint density at radius 3 is 2.67 bits per heavy atom. The fourth-order valence-corrected chi connectivity index (χ4v) is 4.49. The molecule has 0 saturated carbocycles. The Hall–Kier alpha value is -3.79. The first-order chi connectivity index (χ1) is 17.5. The second kappa shape index (κ2) is 10.4. The number of amides is 1. The second-order valence-electron chi connectivity index (χ2n) is 8.55. The minimum Gasteiger partial charge on any atom is -0.394 e. The van der Waals surface area contributed by atoms with Gasteiger partial charge in [-0.2, -0.15) is 0 Å². The number of aromatic amines is 1. The number of aliphatic hydroxyl groups excluding tert-OH is 1. The van der Waals surface area contributed by atoms with Crippen LogP contribution in [0, 0.1) is 0 Å². The topological polar surface area (TPSA) is 129 Å². The van der Waals surface area contributed by atoms with Gasteiger partial charge in [-0.25, -0.2) is 9.97 Å². The molecule has 184 valence electrons. The van der Waals surface area contributed by atoms with Gasteiger partial charge in [0.2, 0.25) is 0 Å². The van der Waals surface area contributed by atoms with Crippen molar-refractivity contribution in [1.82, 2.24) is 15.0 Å². The van der Waals surface area contributed by atoms with Crippen molar-refractivity contribution in [3.63, 3.8) is 0 Å². The Morgan fingerprint density at radius 2 is 1.94 bits per heavy atom. The van der Waals surface area contributed by atoms with Crippen molar-refractivity contribution < 1.29 is 19.4 Å². The highest BCUT2D eigenvalue weighted by Gasteiger charge is 2.25. The van der Waals surface area contributed by atoms with Crippen LogP contribution in [0.5, 0.6) is 0 Å². The van der Waals surface area contributed by atoms with Crippen molar-refractivity contribution in [2.45, 2.75) is 25.0 Å². The number of fused-ring (bicyclic) bond motifs is 1. The van der Waals surface area contributed by atoms with Gasteiger partial charge in [-0.15, -0.1) is 0 Å². The average molecular weight is 506 g/mol. The van der Waals surface area contributed by atoms with Crippen molar-refractivity contribution >= 4 is 45.8 Å². The zero-order valence-electron chi connectivity index (χ0n) is 19.2. The molecule has 0 bridgehead atoms. The van der Waals surface area contributed by atoms with Gasteiger partial charge in [0.05, 0.1) is 41.3 Å². The first-order valence-corrected chi connectivity index (χ1v) is 11.9. The van der Waals surface area contributed by atoms with Gasteiger partial charge in [0.15, 0.2) is 5.78 Å². The highest BCUT2D eigenvalue weighted by Crippen LogP contribution is 2.30. The summed E-state index contributed by atoms with van der Waals surface area (Å²) in [5.41, 5.74) is 2.18. The number of rotatable bonds is 7. The Morgan fingerprint density at radius 1 is 1.11 bits per heavy atom. The summed E-state index contributed by atoms with van der Waals surface area (Å²) >= 11 is 6.48. The minimum absolute atomic E-state index is 0.00355. The molecular weight excluding hydrogens is 482 g/mol. The minimum atomic E-state index is -0.301. The van der Waals surface area contributed by atoms with Crippen molar-refractivity contribution in [2.24, 2.45) is 0 Å². The van der Waals surface area contributed by atoms with Crippen molar-refractivity contribution in [3.8, 4) is 0 Å². The van der Waals surface area contributed by atoms with Crippen LogP contribution in [0.1, 0.15) is 39.1 Å². The van der Waals surface area contributed by atoms with Crippen LogP contribution in [-0.2, 0) is 4.74 Å². The van der Waals surface area contributed by atoms with E-state index in [-0.39, 0.29) is 41.0 Å². The molecule has 1 amide bonds. The van der Waals surface area contributed by atoms with E-state index < -0.39 is 0 Å². The maximum Gasteiger partial charge on any atom is 0.255 e. The number of hydrogen-bond acceptors (Lipinski definition) is 7. The van der Waals surface area contributed by atoms with Crippen LogP contribution in [0.25, 0.3) is 11.0 Å². The Bertz CT molecular complexity index is 1400. The first kappa shape index (κ1) is 23.9. The summed E-state index contributed by atoms with van der Waals surface area (Å²) in [4.78, 5) is 37.6. The maximum atomic E-state index is 13.5. The molecule has 9 nitrogen and oxygen atoms in total. The molecule has 0 radical (unpaired) electrons. The molecule has 2 aromatic heterocycles. The molecule has 4 N–H and O–H groups in total. The van der Waals surface area contributed by atoms with E-state index in [0.717, 1.165) is 12.8 Å². The Balaban J connectivity index is 1.38. The van der Waals surface area contributed by atoms with Gasteiger partial charge in [-0.1, -0.05) is 29.8 Å². The van der Waals surface area contributed by atoms with Gasteiger partial charge in [0, 0.05) is 23.0 Å². The van der Waals surface area contributed by atoms with E-state index in [1.54, 1.807) is 48.7 Å². The zero-order valence-corrected chi connectivity index (χ0v) is 20.0. The second-order valence-corrected chi connectivity index (χ2v) is 8.96. The molecule has 1 aliphatic rings. The summed E-state index contributed by atoms with van der Waals surface area (Å²) in [5, 5.41) is 16.2. The lowest BCUT2D eigenvalue weighted by molar-refractivity contribution is -0.0224. The average Bonchev–Trinajstić information content (AvgIpc) is 3.35. The number of anilines is 2. The van der Waals surface area contributed by atoms with Gasteiger partial charge in [0.1, 0.15) is 17.8 Å². The molecule has 0 spiro atoms. The van der Waals surface area contributed by atoms with Crippen LogP contribution in [-0.4, -0.2) is 57.1 Å². The smallest absolute Gasteiger partial charge is 0.255 e. The molecule has 3 heterocycles. The van der Waals surface area contributed by atoms with E-state index in [9.17, 15) is 14.7 Å². The molecule has 2 atom stereocenters. The van der Waals surface area contributed by atoms with Crippen LogP contribution >= 0.6 is 11.6 Å². The van der Waals surface area contributed by atoms with E-state index in [1.165, 1.54) is 6.33 Å². The summed E-state index contributed by atoms with van der Waals surface area (Å²) < 4.78 is 5.66. The predicted molar refractivity (Wildman–Crippen MR) is 137 cm³/mol. The third-order valence-electron chi connectivity index (χ3n) is 6.14. The summed E-state index contributed by atoms with van der Waals surface area (Å²) in [6.45, 7) is 0.419. The van der Waals surface area contributed by atoms with Gasteiger partial charge >= 0.3 is 0 Å². The quantitative estimate of drug-likeness (QED) is 0.279. The number of hydrogen-bond donors (Lipinski definition) is 4. The van der Waals surface area contributed by atoms with Gasteiger partial charge in [-0.3, -0.25) is 9.59 Å². The van der Waals surface area contributed by atoms with Crippen LogP contribution in [0.3, 0.4) is 0 Å². The first-order valence-electron chi connectivity index (χ1n) is 11.5. The van der Waals surface area contributed by atoms with Crippen LogP contribution < -0.4 is 10.6 Å². The molecule has 5 rings (SSSR count). The van der Waals surface area contributed by atoms with E-state index >= 15 is 0 Å². The standard InChI is InChI=1S/C26H24ClN5O4/c27-21-10-16(32-26(35)15-4-2-1-3-5-15)7-9-19(21)23(34)20-11-28-24-22(20)25(30-14-29-24)31-17-6-8-18(12-33)36-13-17/h1-5,7,9-11,14,17-18,33H,6,8,12-13H2,(H,32,35)(H2,28,29,30,31)/t17-,18-/m0/s1. The summed E-state index contributed by atoms with van der Waals surface area (Å²) in [6, 6.07) is 13.6. The zero-order chi connectivity index (χ0) is 25.1. The number of carbonyl (C=O) groups excluding carboxylic acids is 2. The van der Waals surface area contributed by atoms with Gasteiger partial charge in [0.25, 0.3) is 5.91 Å². The summed E-state index contributed by atoms with van der Waals surface area (Å²) in [7, 11) is 0. The van der Waals surface area contributed by atoms with Crippen LogP contribution in [0.4, 0.5) is 11.5 Å². The van der Waals surface area contributed by atoms with E-state index in [2.05, 4.69) is 25.6 Å². The highest BCUT2D eigenvalue weighted by molar-refractivity contribution is 6.36. The molecule has 4 aromatic rings. The summed E-state index contributed by atoms with van der Waals surface area (Å²) in [5.74, 6) is -0.0546. The molecule has 36 heavy (non-hydrogen) atoms. The fraction of sp³-hybridized carbons (Fsp3) is 0.231. The number of H-pyrrole nitrogens is 1. The van der Waals surface area contributed by atoms with Crippen molar-refractivity contribution in [3.05, 3.63) is 82.8 Å². The predicted octanol–water partition coefficient (Wildman–Crippen LogP) is 4.05. The van der Waals surface area contributed by atoms with Crippen LogP contribution in [0.15, 0.2) is 61.1 Å². The molecule has 0 unspecified atom stereocenters. The number of nitrogens with one attached hydrogen (secondary N) is 3. The number of aromatic nitrogens is 3. The molecule has 0 aliphatic carbocycles. The largest absolute Gasteiger partial charge is 0.394 e. The molecule has 1 saturated heterocycles. The van der Waals surface area contributed by atoms with Crippen molar-refractivity contribution in [2.75, 3.05) is 23.8 Å². The van der Waals surface area contributed by atoms with E-state index in [4.69, 9.17) is 16.3 Å². The molecule has 2 aromatic carbocycles. The van der Waals surface area contributed by atoms with Gasteiger partial charge < -0.3 is 25.5 Å². The SMILES string of the molecule is O=C(Nc1ccc(C(=O)c2c[nH]c3ncnc(N[C@H]4CC[C@@H](CO)OC4)c23)c(Cl)c1)c1ccccc1. The Labute approximate surface area is 211 Å². The lowest BCUT2D eigenvalue weighted by atomic mass is 10.0. The number of aliphatic hydroxyl groups is 1. The van der Waals surface area contributed by atoms with Gasteiger partial charge in [-0.05, 0) is 43.2 Å². The highest BCUT2D eigenvalue weighted by atomic mass is 35.5. The number of ether oxygens (including phenoxy) is 1. The van der Waals surface area contributed by atoms with E-state index in [0.29, 0.717) is 40.3 Å². The maximum absolute atomic E-state index is 13.5. The third kappa shape index (κ3) is 4.94. The third-order valence-corrected chi connectivity index (χ3v) is 6.45. The Kier molecular flexibility index (Phi) is 6.95. The molecular formula is C26H24ClN5O4. The van der Waals surface area contributed by atoms with Crippen LogP contribution in [0.2, 0.25) is 5.02 Å². The monoisotopic (exact) mass is 505 g/mol. The molecule has 1 aliphatic heterocycles. The molecule has 1 fully saturated rings. The lowest BCUT2D eigenvalue weighted by Gasteiger charge is -2.29. The molecule has 10 heteroatoms. The number of ketones is 1. The van der Waals surface area contributed by atoms with Crippen molar-refractivity contribution in [1.29, 1.82) is 0 Å². The lowest BCUT2D eigenvalue weighted by Crippen LogP contribution is -2.36. The number of benzene rings is 2. The number of nitrogens with zero attached hydrogens (tertiary/aromatic N) is 2. The van der Waals surface area contributed by atoms with E-state index in [1.807, 2.05) is 6.07 Å². The number of halogens is 1. The fourth-order valence-electron chi connectivity index (χ4n) is 4.22.